The normalized spacial score (nSPS) is 41.5. The maximum Gasteiger partial charge on any atom is 0.334 e. The second-order valence-electron chi connectivity index (χ2n) is 7.99. The first-order valence-corrected chi connectivity index (χ1v) is 9.47. The molecule has 0 aromatic carbocycles. The molecule has 0 spiro atoms. The number of ether oxygens (including phenoxy) is 3. The lowest BCUT2D eigenvalue weighted by Crippen LogP contribution is -2.44. The number of rotatable bonds is 4. The molecule has 0 radical (unpaired) electrons. The largest absolute Gasteiger partial charge is 0.461 e. The van der Waals surface area contributed by atoms with Gasteiger partial charge < -0.3 is 24.4 Å². The van der Waals surface area contributed by atoms with Gasteiger partial charge in [0.2, 0.25) is 0 Å². The highest BCUT2D eigenvalue weighted by Crippen LogP contribution is 2.47. The zero-order chi connectivity index (χ0) is 20.0. The molecule has 3 aliphatic heterocycles. The van der Waals surface area contributed by atoms with Crippen LogP contribution in [0.15, 0.2) is 23.8 Å². The van der Waals surface area contributed by atoms with E-state index < -0.39 is 35.5 Å². The van der Waals surface area contributed by atoms with Crippen LogP contribution in [0.2, 0.25) is 0 Å². The van der Waals surface area contributed by atoms with Crippen LogP contribution in [-0.4, -0.2) is 52.4 Å². The Balaban J connectivity index is 2.03. The molecule has 0 aliphatic carbocycles. The van der Waals surface area contributed by atoms with Gasteiger partial charge in [0.15, 0.2) is 5.79 Å². The van der Waals surface area contributed by atoms with Crippen molar-refractivity contribution in [1.82, 2.24) is 0 Å². The van der Waals surface area contributed by atoms with Crippen molar-refractivity contribution in [3.8, 4) is 0 Å². The van der Waals surface area contributed by atoms with Crippen molar-refractivity contribution in [2.75, 3.05) is 6.61 Å². The number of aliphatic hydroxyl groups excluding tert-OH is 1. The Bertz CT molecular complexity index is 684. The molecule has 0 aromatic rings. The highest BCUT2D eigenvalue weighted by molar-refractivity contribution is 5.91. The fourth-order valence-corrected chi connectivity index (χ4v) is 4.05. The van der Waals surface area contributed by atoms with Gasteiger partial charge in [0.25, 0.3) is 0 Å². The third-order valence-electron chi connectivity index (χ3n) is 6.14. The second kappa shape index (κ2) is 7.04. The number of hydrogen-bond donors (Lipinski definition) is 2. The van der Waals surface area contributed by atoms with Crippen LogP contribution in [0.3, 0.4) is 0 Å². The minimum Gasteiger partial charge on any atom is -0.461 e. The van der Waals surface area contributed by atoms with Gasteiger partial charge in [0, 0.05) is 18.4 Å². The number of esters is 2. The van der Waals surface area contributed by atoms with E-state index in [0.717, 1.165) is 0 Å². The maximum absolute atomic E-state index is 12.5. The first kappa shape index (κ1) is 20.0. The van der Waals surface area contributed by atoms with Crippen molar-refractivity contribution in [3.05, 3.63) is 23.8 Å². The first-order chi connectivity index (χ1) is 12.6. The van der Waals surface area contributed by atoms with Crippen LogP contribution in [-0.2, 0) is 23.8 Å². The van der Waals surface area contributed by atoms with Gasteiger partial charge >= 0.3 is 11.9 Å². The van der Waals surface area contributed by atoms with Gasteiger partial charge in [0.1, 0.15) is 12.2 Å². The average molecular weight is 380 g/mol. The van der Waals surface area contributed by atoms with Crippen LogP contribution in [0.5, 0.6) is 0 Å². The lowest BCUT2D eigenvalue weighted by Gasteiger charge is -2.34. The van der Waals surface area contributed by atoms with Gasteiger partial charge in [0.05, 0.1) is 24.0 Å². The van der Waals surface area contributed by atoms with Gasteiger partial charge in [-0.25, -0.2) is 4.79 Å². The summed E-state index contributed by atoms with van der Waals surface area (Å²) in [6.45, 7) is 8.87. The molecule has 3 aliphatic rings. The molecule has 6 atom stereocenters. The second-order valence-corrected chi connectivity index (χ2v) is 7.99. The van der Waals surface area contributed by atoms with Crippen LogP contribution in [0.25, 0.3) is 0 Å². The van der Waals surface area contributed by atoms with E-state index in [0.29, 0.717) is 24.8 Å². The molecule has 3 heterocycles. The summed E-state index contributed by atoms with van der Waals surface area (Å²) in [5, 5.41) is 20.9. The van der Waals surface area contributed by atoms with E-state index in [1.54, 1.807) is 19.9 Å². The van der Waals surface area contributed by atoms with Crippen molar-refractivity contribution in [1.29, 1.82) is 0 Å². The minimum absolute atomic E-state index is 0.145. The fraction of sp³-hybridized carbons (Fsp3) is 0.700. The summed E-state index contributed by atoms with van der Waals surface area (Å²) in [5.41, 5.74) is -0.335. The number of carbonyl (C=O) groups excluding carboxylic acids is 2. The highest BCUT2D eigenvalue weighted by atomic mass is 16.7. The predicted molar refractivity (Wildman–Crippen MR) is 95.3 cm³/mol. The van der Waals surface area contributed by atoms with E-state index in [1.165, 1.54) is 0 Å². The molecule has 2 bridgehead atoms. The Hall–Kier alpha value is -1.70. The summed E-state index contributed by atoms with van der Waals surface area (Å²) in [6.07, 6.45) is 1.65. The molecule has 0 aromatic heterocycles. The van der Waals surface area contributed by atoms with E-state index in [-0.39, 0.29) is 30.5 Å². The number of aliphatic hydroxyl groups is 2. The lowest BCUT2D eigenvalue weighted by molar-refractivity contribution is -0.218. The van der Waals surface area contributed by atoms with E-state index in [2.05, 4.69) is 6.58 Å². The molecule has 0 saturated carbocycles. The van der Waals surface area contributed by atoms with E-state index in [9.17, 15) is 19.8 Å². The van der Waals surface area contributed by atoms with Gasteiger partial charge in [-0.2, -0.15) is 0 Å². The lowest BCUT2D eigenvalue weighted by atomic mass is 9.81. The number of fused-ring (bicyclic) bond motifs is 3. The quantitative estimate of drug-likeness (QED) is 0.434. The Morgan fingerprint density at radius 2 is 2.19 bits per heavy atom. The first-order valence-electron chi connectivity index (χ1n) is 9.47. The van der Waals surface area contributed by atoms with Crippen LogP contribution < -0.4 is 0 Å². The predicted octanol–water partition coefficient (Wildman–Crippen LogP) is 1.62. The van der Waals surface area contributed by atoms with Crippen molar-refractivity contribution in [2.45, 2.75) is 70.1 Å². The smallest absolute Gasteiger partial charge is 0.334 e. The summed E-state index contributed by atoms with van der Waals surface area (Å²) in [5.74, 6) is -3.35. The molecule has 2 fully saturated rings. The van der Waals surface area contributed by atoms with Crippen LogP contribution in [0, 0.1) is 11.8 Å². The highest BCUT2D eigenvalue weighted by Gasteiger charge is 2.55. The van der Waals surface area contributed by atoms with Crippen molar-refractivity contribution in [2.24, 2.45) is 11.8 Å². The average Bonchev–Trinajstić information content (AvgIpc) is 3.12. The summed E-state index contributed by atoms with van der Waals surface area (Å²) >= 11 is 0. The maximum atomic E-state index is 12.5. The van der Waals surface area contributed by atoms with Crippen molar-refractivity contribution < 1.29 is 34.0 Å². The van der Waals surface area contributed by atoms with Crippen LogP contribution >= 0.6 is 0 Å². The van der Waals surface area contributed by atoms with E-state index >= 15 is 0 Å². The molecule has 3 rings (SSSR count). The van der Waals surface area contributed by atoms with Crippen LogP contribution in [0.4, 0.5) is 0 Å². The topological polar surface area (TPSA) is 102 Å². The van der Waals surface area contributed by atoms with Gasteiger partial charge in [-0.3, -0.25) is 4.79 Å². The van der Waals surface area contributed by atoms with Gasteiger partial charge in [-0.15, -0.1) is 0 Å². The van der Waals surface area contributed by atoms with Crippen molar-refractivity contribution >= 4 is 11.9 Å². The molecule has 7 heteroatoms. The third-order valence-corrected chi connectivity index (χ3v) is 6.14. The molecule has 27 heavy (non-hydrogen) atoms. The molecule has 7 nitrogen and oxygen atoms in total. The van der Waals surface area contributed by atoms with Gasteiger partial charge in [-0.1, -0.05) is 20.4 Å². The SMILES string of the molecule is C=C1C(=O)O[C@@H]2/C=C(/C)[C@@]3(O)CC[C@@](CO)(C[C@@H](OC(=O)[C@@H](C)CC)[C@@H]12)O3. The molecule has 150 valence electrons. The number of carbonyl (C=O) groups is 2. The molecule has 0 amide bonds. The zero-order valence-electron chi connectivity index (χ0n) is 16.1. The number of hydrogen-bond acceptors (Lipinski definition) is 7. The van der Waals surface area contributed by atoms with Gasteiger partial charge in [-0.05, 0) is 31.4 Å². The Labute approximate surface area is 159 Å². The monoisotopic (exact) mass is 380 g/mol. The van der Waals surface area contributed by atoms with Crippen LogP contribution in [0.1, 0.15) is 46.5 Å². The minimum atomic E-state index is -1.54. The molecule has 2 N–H and O–H groups in total. The summed E-state index contributed by atoms with van der Waals surface area (Å²) in [6, 6.07) is 0. The van der Waals surface area contributed by atoms with E-state index in [1.807, 2.05) is 6.92 Å². The Kier molecular flexibility index (Phi) is 5.22. The van der Waals surface area contributed by atoms with Crippen molar-refractivity contribution in [3.63, 3.8) is 0 Å². The summed E-state index contributed by atoms with van der Waals surface area (Å²) in [4.78, 5) is 24.6. The summed E-state index contributed by atoms with van der Waals surface area (Å²) < 4.78 is 17.1. The molecular weight excluding hydrogens is 352 g/mol. The Morgan fingerprint density at radius 1 is 1.48 bits per heavy atom. The zero-order valence-corrected chi connectivity index (χ0v) is 16.1. The third kappa shape index (κ3) is 3.44. The van der Waals surface area contributed by atoms with E-state index in [4.69, 9.17) is 14.2 Å². The molecule has 0 unspecified atom stereocenters. The summed E-state index contributed by atoms with van der Waals surface area (Å²) in [7, 11) is 0. The molecule has 2 saturated heterocycles. The standard InChI is InChI=1S/C20H28O7/c1-5-11(2)17(22)26-15-9-19(10-21)6-7-20(24,27-19)12(3)8-14-16(15)13(4)18(23)25-14/h8,11,14-16,21,24H,4-7,9-10H2,1-3H3/b12-8-/t11-,14+,15+,16-,19-,20+/m0/s1. The fourth-order valence-electron chi connectivity index (χ4n) is 4.05. The Morgan fingerprint density at radius 3 is 2.81 bits per heavy atom. The molecular formula is C20H28O7.